The molecule has 1 N–H and O–H groups in total. The second-order valence-corrected chi connectivity index (χ2v) is 5.62. The Morgan fingerprint density at radius 1 is 1.10 bits per heavy atom. The summed E-state index contributed by atoms with van der Waals surface area (Å²) in [6.45, 7) is 4.07. The lowest BCUT2D eigenvalue weighted by Gasteiger charge is -2.23. The molecule has 21 heavy (non-hydrogen) atoms. The summed E-state index contributed by atoms with van der Waals surface area (Å²) >= 11 is 0. The van der Waals surface area contributed by atoms with E-state index in [1.54, 1.807) is 0 Å². The minimum absolute atomic E-state index is 0.247. The second kappa shape index (κ2) is 4.81. The Morgan fingerprint density at radius 2 is 1.90 bits per heavy atom. The average Bonchev–Trinajstić information content (AvgIpc) is 3.13. The van der Waals surface area contributed by atoms with Crippen molar-refractivity contribution in [2.75, 3.05) is 5.32 Å². The van der Waals surface area contributed by atoms with Gasteiger partial charge in [-0.15, -0.1) is 6.58 Å². The van der Waals surface area contributed by atoms with E-state index in [4.69, 9.17) is 0 Å². The van der Waals surface area contributed by atoms with Crippen molar-refractivity contribution < 1.29 is 0 Å². The van der Waals surface area contributed by atoms with Gasteiger partial charge in [0.2, 0.25) is 0 Å². The highest BCUT2D eigenvalue weighted by atomic mass is 15.1. The van der Waals surface area contributed by atoms with Gasteiger partial charge in [-0.05, 0) is 35.6 Å². The van der Waals surface area contributed by atoms with E-state index in [-0.39, 0.29) is 6.04 Å². The third-order valence-electron chi connectivity index (χ3n) is 4.40. The number of hydrogen-bond donors (Lipinski definition) is 1. The van der Waals surface area contributed by atoms with Crippen LogP contribution in [0.1, 0.15) is 11.6 Å². The Labute approximate surface area is 124 Å². The van der Waals surface area contributed by atoms with Crippen LogP contribution in [0.5, 0.6) is 0 Å². The highest BCUT2D eigenvalue weighted by Gasteiger charge is 2.27. The van der Waals surface area contributed by atoms with Gasteiger partial charge in [0.15, 0.2) is 0 Å². The zero-order valence-electron chi connectivity index (χ0n) is 11.9. The van der Waals surface area contributed by atoms with Crippen molar-refractivity contribution in [3.8, 4) is 0 Å². The summed E-state index contributed by atoms with van der Waals surface area (Å²) in [4.78, 5) is 0. The predicted molar refractivity (Wildman–Crippen MR) is 88.7 cm³/mol. The van der Waals surface area contributed by atoms with Crippen LogP contribution >= 0.6 is 0 Å². The zero-order valence-corrected chi connectivity index (χ0v) is 11.9. The quantitative estimate of drug-likeness (QED) is 0.700. The summed E-state index contributed by atoms with van der Waals surface area (Å²) < 4.78 is 2.33. The Morgan fingerprint density at radius 3 is 2.76 bits per heavy atom. The van der Waals surface area contributed by atoms with Crippen molar-refractivity contribution in [2.45, 2.75) is 18.5 Å². The van der Waals surface area contributed by atoms with Crippen molar-refractivity contribution in [1.29, 1.82) is 0 Å². The summed E-state index contributed by atoms with van der Waals surface area (Å²) in [5, 5.41) is 4.92. The molecule has 3 aromatic rings. The summed E-state index contributed by atoms with van der Waals surface area (Å²) in [6.07, 6.45) is 5.26. The van der Waals surface area contributed by atoms with Crippen LogP contribution in [0.2, 0.25) is 0 Å². The average molecular weight is 274 g/mol. The molecule has 2 nitrogen and oxygen atoms in total. The molecule has 0 saturated carbocycles. The number of aromatic nitrogens is 1. The molecule has 0 bridgehead atoms. The van der Waals surface area contributed by atoms with E-state index in [9.17, 15) is 0 Å². The highest BCUT2D eigenvalue weighted by molar-refractivity contribution is 5.80. The smallest absolute Gasteiger partial charge is 0.0718 e. The van der Waals surface area contributed by atoms with Crippen LogP contribution in [-0.4, -0.2) is 10.6 Å². The Kier molecular flexibility index (Phi) is 2.81. The SMILES string of the molecule is C=CC(C1Cc2ccccc2N1)n1ccc2ccccc21. The summed E-state index contributed by atoms with van der Waals surface area (Å²) in [7, 11) is 0. The molecule has 4 rings (SSSR count). The molecule has 2 heterocycles. The minimum Gasteiger partial charge on any atom is -0.379 e. The van der Waals surface area contributed by atoms with Gasteiger partial charge >= 0.3 is 0 Å². The Bertz CT molecular complexity index is 775. The van der Waals surface area contributed by atoms with E-state index < -0.39 is 0 Å². The maximum atomic E-state index is 4.07. The summed E-state index contributed by atoms with van der Waals surface area (Å²) in [5.74, 6) is 0. The molecule has 1 aliphatic heterocycles. The van der Waals surface area contributed by atoms with Crippen LogP contribution < -0.4 is 5.32 Å². The third kappa shape index (κ3) is 1.95. The van der Waals surface area contributed by atoms with Gasteiger partial charge in [-0.1, -0.05) is 42.5 Å². The van der Waals surface area contributed by atoms with Gasteiger partial charge in [0.25, 0.3) is 0 Å². The summed E-state index contributed by atoms with van der Waals surface area (Å²) in [5.41, 5.74) is 3.91. The second-order valence-electron chi connectivity index (χ2n) is 5.62. The van der Waals surface area contributed by atoms with E-state index in [0.29, 0.717) is 6.04 Å². The monoisotopic (exact) mass is 274 g/mol. The number of nitrogens with one attached hydrogen (secondary N) is 1. The number of fused-ring (bicyclic) bond motifs is 2. The zero-order chi connectivity index (χ0) is 14.2. The molecule has 2 unspecified atom stereocenters. The highest BCUT2D eigenvalue weighted by Crippen LogP contribution is 2.32. The number of hydrogen-bond acceptors (Lipinski definition) is 1. The molecule has 2 atom stereocenters. The van der Waals surface area contributed by atoms with E-state index in [1.165, 1.54) is 22.2 Å². The van der Waals surface area contributed by atoms with Crippen LogP contribution in [0.3, 0.4) is 0 Å². The van der Waals surface area contributed by atoms with Gasteiger partial charge in [0.1, 0.15) is 0 Å². The lowest BCUT2D eigenvalue weighted by molar-refractivity contribution is 0.534. The van der Waals surface area contributed by atoms with Crippen molar-refractivity contribution >= 4 is 16.6 Å². The molecule has 2 heteroatoms. The lowest BCUT2D eigenvalue weighted by Crippen LogP contribution is -2.27. The molecule has 0 amide bonds. The van der Waals surface area contributed by atoms with Crippen molar-refractivity contribution in [3.63, 3.8) is 0 Å². The minimum atomic E-state index is 0.247. The molecule has 0 saturated heterocycles. The first-order chi connectivity index (χ1) is 10.4. The fourth-order valence-corrected chi connectivity index (χ4v) is 3.37. The lowest BCUT2D eigenvalue weighted by atomic mass is 10.0. The molecule has 1 aromatic heterocycles. The maximum absolute atomic E-state index is 4.07. The van der Waals surface area contributed by atoms with E-state index >= 15 is 0 Å². The third-order valence-corrected chi connectivity index (χ3v) is 4.40. The van der Waals surface area contributed by atoms with Gasteiger partial charge in [-0.3, -0.25) is 0 Å². The first-order valence-electron chi connectivity index (χ1n) is 7.39. The number of rotatable bonds is 3. The topological polar surface area (TPSA) is 17.0 Å². The van der Waals surface area contributed by atoms with E-state index in [0.717, 1.165) is 6.42 Å². The van der Waals surface area contributed by atoms with Crippen LogP contribution in [0.4, 0.5) is 5.69 Å². The van der Waals surface area contributed by atoms with Crippen LogP contribution in [-0.2, 0) is 6.42 Å². The Balaban J connectivity index is 1.72. The number of benzene rings is 2. The molecule has 0 radical (unpaired) electrons. The number of nitrogens with zero attached hydrogens (tertiary/aromatic N) is 1. The first-order valence-corrected chi connectivity index (χ1v) is 7.39. The largest absolute Gasteiger partial charge is 0.379 e. The van der Waals surface area contributed by atoms with Crippen LogP contribution in [0.15, 0.2) is 73.4 Å². The molecular weight excluding hydrogens is 256 g/mol. The molecule has 2 aromatic carbocycles. The van der Waals surface area contributed by atoms with Crippen LogP contribution in [0.25, 0.3) is 10.9 Å². The molecule has 1 aliphatic rings. The molecular formula is C19H18N2. The van der Waals surface area contributed by atoms with Gasteiger partial charge in [0.05, 0.1) is 12.1 Å². The maximum Gasteiger partial charge on any atom is 0.0718 e. The van der Waals surface area contributed by atoms with Gasteiger partial charge in [-0.25, -0.2) is 0 Å². The van der Waals surface area contributed by atoms with E-state index in [1.807, 2.05) is 0 Å². The fraction of sp³-hybridized carbons (Fsp3) is 0.158. The van der Waals surface area contributed by atoms with Crippen molar-refractivity contribution in [3.05, 3.63) is 79.0 Å². The summed E-state index contributed by atoms with van der Waals surface area (Å²) in [6, 6.07) is 19.8. The van der Waals surface area contributed by atoms with Crippen LogP contribution in [0, 0.1) is 0 Å². The standard InChI is InChI=1S/C19H18N2/c1-2-18(17-13-15-8-3-5-9-16(15)20-17)21-12-11-14-7-4-6-10-19(14)21/h2-12,17-18,20H,1,13H2. The van der Waals surface area contributed by atoms with Gasteiger partial charge in [-0.2, -0.15) is 0 Å². The number of para-hydroxylation sites is 2. The molecule has 0 spiro atoms. The van der Waals surface area contributed by atoms with Crippen molar-refractivity contribution in [1.82, 2.24) is 4.57 Å². The number of anilines is 1. The molecule has 0 fully saturated rings. The van der Waals surface area contributed by atoms with E-state index in [2.05, 4.69) is 83.3 Å². The van der Waals surface area contributed by atoms with Gasteiger partial charge in [0, 0.05) is 17.4 Å². The fourth-order valence-electron chi connectivity index (χ4n) is 3.37. The predicted octanol–water partition coefficient (Wildman–Crippen LogP) is 4.41. The molecule has 104 valence electrons. The van der Waals surface area contributed by atoms with Crippen molar-refractivity contribution in [2.24, 2.45) is 0 Å². The first kappa shape index (κ1) is 12.3. The van der Waals surface area contributed by atoms with Gasteiger partial charge < -0.3 is 9.88 Å². The Hall–Kier alpha value is -2.48. The normalized spacial score (nSPS) is 18.2. The molecule has 0 aliphatic carbocycles.